The largest absolute Gasteiger partial charge is 0.497 e. The molecule has 1 unspecified atom stereocenters. The Bertz CT molecular complexity index is 1870. The number of aromatic nitrogens is 1. The second-order valence-electron chi connectivity index (χ2n) is 14.9. The van der Waals surface area contributed by atoms with Gasteiger partial charge in [0.2, 0.25) is 15.9 Å². The smallest absolute Gasteiger partial charge is 0.264 e. The van der Waals surface area contributed by atoms with Crippen LogP contribution in [0.2, 0.25) is 0 Å². The number of rotatable bonds is 7. The van der Waals surface area contributed by atoms with Crippen LogP contribution in [-0.2, 0) is 27.8 Å². The van der Waals surface area contributed by atoms with Gasteiger partial charge in [-0.15, -0.1) is 0 Å². The molecule has 2 amide bonds. The number of ether oxygens (including phenoxy) is 1. The van der Waals surface area contributed by atoms with E-state index < -0.39 is 26.6 Å². The van der Waals surface area contributed by atoms with Gasteiger partial charge in [-0.1, -0.05) is 32.3 Å². The predicted molar refractivity (Wildman–Crippen MR) is 182 cm³/mol. The van der Waals surface area contributed by atoms with E-state index in [1.807, 2.05) is 18.2 Å². The summed E-state index contributed by atoms with van der Waals surface area (Å²) in [5.41, 5.74) is 5.11. The van der Waals surface area contributed by atoms with Gasteiger partial charge in [0, 0.05) is 53.7 Å². The molecule has 2 saturated carbocycles. The van der Waals surface area contributed by atoms with Crippen LogP contribution in [0.1, 0.15) is 92.6 Å². The molecule has 0 radical (unpaired) electrons. The van der Waals surface area contributed by atoms with E-state index in [4.69, 9.17) is 4.74 Å². The first-order valence-electron chi connectivity index (χ1n) is 17.5. The maximum Gasteiger partial charge on any atom is 0.264 e. The molecule has 9 nitrogen and oxygen atoms in total. The van der Waals surface area contributed by atoms with Gasteiger partial charge in [0.25, 0.3) is 5.91 Å². The SMILES string of the molecule is CCN1C[C@H]2C[C@@H]1CN2C(=O)C1(C)Cc2cc(OC)ccc2-c2c(C3CCCCC3)c3ccc(C(=O)NS(=O)(=O)C4CC4)cc3n2C1. The lowest BCUT2D eigenvalue weighted by Crippen LogP contribution is -2.53. The number of nitrogens with zero attached hydrogens (tertiary/aromatic N) is 3. The Morgan fingerprint density at radius 3 is 2.47 bits per heavy atom. The fourth-order valence-corrected chi connectivity index (χ4v) is 10.5. The Morgan fingerprint density at radius 2 is 1.79 bits per heavy atom. The maximum atomic E-state index is 14.8. The van der Waals surface area contributed by atoms with Crippen molar-refractivity contribution in [2.24, 2.45) is 5.41 Å². The number of benzene rings is 2. The zero-order valence-electron chi connectivity index (χ0n) is 27.8. The first-order valence-corrected chi connectivity index (χ1v) is 19.1. The van der Waals surface area contributed by atoms with Crippen molar-refractivity contribution in [1.82, 2.24) is 19.1 Å². The summed E-state index contributed by atoms with van der Waals surface area (Å²) in [7, 11) is -2.01. The summed E-state index contributed by atoms with van der Waals surface area (Å²) >= 11 is 0. The van der Waals surface area contributed by atoms with Gasteiger partial charge in [0.05, 0.1) is 23.5 Å². The van der Waals surface area contributed by atoms with Crippen LogP contribution < -0.4 is 9.46 Å². The molecule has 3 aliphatic heterocycles. The zero-order valence-corrected chi connectivity index (χ0v) is 28.6. The van der Waals surface area contributed by atoms with Gasteiger partial charge >= 0.3 is 0 Å². The van der Waals surface area contributed by atoms with E-state index in [1.54, 1.807) is 13.2 Å². The lowest BCUT2D eigenvalue weighted by atomic mass is 9.79. The average molecular weight is 659 g/mol. The molecule has 2 aliphatic carbocycles. The van der Waals surface area contributed by atoms with Gasteiger partial charge in [-0.25, -0.2) is 13.1 Å². The minimum Gasteiger partial charge on any atom is -0.497 e. The van der Waals surface area contributed by atoms with Crippen LogP contribution in [0.4, 0.5) is 0 Å². The summed E-state index contributed by atoms with van der Waals surface area (Å²) in [6, 6.07) is 12.6. The fourth-order valence-electron chi connectivity index (χ4n) is 9.20. The number of hydrogen-bond acceptors (Lipinski definition) is 6. The van der Waals surface area contributed by atoms with Gasteiger partial charge in [0.15, 0.2) is 0 Å². The van der Waals surface area contributed by atoms with E-state index in [9.17, 15) is 18.0 Å². The van der Waals surface area contributed by atoms with Crippen LogP contribution >= 0.6 is 0 Å². The molecule has 3 aromatic rings. The van der Waals surface area contributed by atoms with E-state index in [2.05, 4.69) is 45.1 Å². The van der Waals surface area contributed by atoms with Crippen molar-refractivity contribution in [2.45, 2.75) is 101 Å². The summed E-state index contributed by atoms with van der Waals surface area (Å²) in [6.45, 7) is 7.49. The lowest BCUT2D eigenvalue weighted by molar-refractivity contribution is -0.144. The molecule has 8 rings (SSSR count). The number of methoxy groups -OCH3 is 1. The molecular weight excluding hydrogens is 612 g/mol. The van der Waals surface area contributed by atoms with E-state index in [1.165, 1.54) is 24.8 Å². The van der Waals surface area contributed by atoms with Crippen LogP contribution in [0, 0.1) is 5.41 Å². The van der Waals surface area contributed by atoms with Gasteiger partial charge in [0.1, 0.15) is 5.75 Å². The summed E-state index contributed by atoms with van der Waals surface area (Å²) in [4.78, 5) is 32.9. The number of likely N-dealkylation sites (N-methyl/N-ethyl adjacent to an activating group) is 1. The minimum absolute atomic E-state index is 0.188. The van der Waals surface area contributed by atoms with Crippen molar-refractivity contribution in [3.8, 4) is 17.0 Å². The number of fused-ring (bicyclic) bond motifs is 7. The Labute approximate surface area is 277 Å². The Hall–Kier alpha value is -3.37. The van der Waals surface area contributed by atoms with Gasteiger partial charge in [-0.05, 0) is 99.4 Å². The van der Waals surface area contributed by atoms with Crippen LogP contribution in [0.3, 0.4) is 0 Å². The number of hydrogen-bond donors (Lipinski definition) is 1. The minimum atomic E-state index is -3.69. The normalized spacial score (nSPS) is 26.2. The third kappa shape index (κ3) is 5.17. The molecule has 4 heterocycles. The zero-order chi connectivity index (χ0) is 32.7. The molecule has 10 heteroatoms. The number of piperazine rings is 1. The quantitative estimate of drug-likeness (QED) is 0.362. The standard InChI is InChI=1S/C37H46N4O5S/c1-4-39-20-27-18-26(39)21-40(27)36(43)37(2)19-25-16-28(46-3)11-15-30(25)34-33(23-8-6-5-7-9-23)31-14-10-24(17-32(31)41(34)22-37)35(42)38-47(44,45)29-12-13-29/h10-11,14-17,23,26-27,29H,4-9,12-13,18-22H2,1-3H3,(H,38,42)/t26-,27-,37?/m1/s1. The number of carbonyl (C=O) groups excluding carboxylic acids is 2. The topological polar surface area (TPSA) is 101 Å². The first kappa shape index (κ1) is 30.9. The number of carbonyl (C=O) groups is 2. The van der Waals surface area contributed by atoms with Crippen molar-refractivity contribution in [2.75, 3.05) is 26.7 Å². The number of amides is 2. The van der Waals surface area contributed by atoms with Crippen LogP contribution in [0.5, 0.6) is 5.75 Å². The summed E-state index contributed by atoms with van der Waals surface area (Å²) < 4.78 is 35.8. The molecule has 250 valence electrons. The number of sulfonamides is 1. The molecule has 1 N–H and O–H groups in total. The van der Waals surface area contributed by atoms with Gasteiger partial charge in [-0.2, -0.15) is 0 Å². The molecule has 2 aromatic carbocycles. The third-order valence-corrected chi connectivity index (χ3v) is 13.6. The highest BCUT2D eigenvalue weighted by molar-refractivity contribution is 7.91. The molecule has 4 fully saturated rings. The highest BCUT2D eigenvalue weighted by Gasteiger charge is 2.50. The monoisotopic (exact) mass is 658 g/mol. The second-order valence-corrected chi connectivity index (χ2v) is 16.9. The van der Waals surface area contributed by atoms with Gasteiger partial charge < -0.3 is 14.2 Å². The average Bonchev–Trinajstić information content (AvgIpc) is 3.70. The van der Waals surface area contributed by atoms with E-state index in [0.29, 0.717) is 43.3 Å². The first-order chi connectivity index (χ1) is 22.6. The third-order valence-electron chi connectivity index (χ3n) is 11.8. The summed E-state index contributed by atoms with van der Waals surface area (Å²) in [5.74, 6) is 0.728. The molecule has 1 aromatic heterocycles. The molecule has 2 bridgehead atoms. The van der Waals surface area contributed by atoms with Crippen LogP contribution in [0.15, 0.2) is 36.4 Å². The van der Waals surface area contributed by atoms with Crippen molar-refractivity contribution >= 4 is 32.7 Å². The second kappa shape index (κ2) is 11.4. The van der Waals surface area contributed by atoms with Gasteiger partial charge in [-0.3, -0.25) is 14.5 Å². The highest BCUT2D eigenvalue weighted by Crippen LogP contribution is 2.49. The highest BCUT2D eigenvalue weighted by atomic mass is 32.2. The van der Waals surface area contributed by atoms with E-state index in [0.717, 1.165) is 72.4 Å². The van der Waals surface area contributed by atoms with Crippen molar-refractivity contribution in [3.63, 3.8) is 0 Å². The fraction of sp³-hybridized carbons (Fsp3) is 0.568. The Balaban J connectivity index is 1.29. The molecule has 3 atom stereocenters. The van der Waals surface area contributed by atoms with Crippen molar-refractivity contribution in [1.29, 1.82) is 0 Å². The van der Waals surface area contributed by atoms with Crippen LogP contribution in [0.25, 0.3) is 22.2 Å². The Kier molecular flexibility index (Phi) is 7.48. The molecular formula is C37H46N4O5S. The molecule has 2 saturated heterocycles. The Morgan fingerprint density at radius 1 is 1.00 bits per heavy atom. The van der Waals surface area contributed by atoms with Crippen molar-refractivity contribution < 1.29 is 22.7 Å². The number of likely N-dealkylation sites (tertiary alicyclic amines) is 2. The van der Waals surface area contributed by atoms with E-state index >= 15 is 0 Å². The maximum absolute atomic E-state index is 14.8. The number of nitrogens with one attached hydrogen (secondary N) is 1. The summed E-state index contributed by atoms with van der Waals surface area (Å²) in [5, 5.41) is 0.605. The molecule has 5 aliphatic rings. The van der Waals surface area contributed by atoms with E-state index in [-0.39, 0.29) is 11.9 Å². The van der Waals surface area contributed by atoms with Crippen molar-refractivity contribution in [3.05, 3.63) is 53.1 Å². The summed E-state index contributed by atoms with van der Waals surface area (Å²) in [6.07, 6.45) is 8.57. The molecule has 0 spiro atoms. The molecule has 47 heavy (non-hydrogen) atoms. The predicted octanol–water partition coefficient (Wildman–Crippen LogP) is 5.45. The lowest BCUT2D eigenvalue weighted by Gasteiger charge is -2.39. The van der Waals surface area contributed by atoms with Crippen LogP contribution in [-0.4, -0.2) is 78.7 Å².